The van der Waals surface area contributed by atoms with Gasteiger partial charge in [0.25, 0.3) is 0 Å². The number of hydrogen-bond donors (Lipinski definition) is 0. The molecule has 0 aromatic heterocycles. The average molecular weight is 523 g/mol. The second-order valence-corrected chi connectivity index (χ2v) is 11.0. The van der Waals surface area contributed by atoms with E-state index in [4.69, 9.17) is 4.74 Å². The lowest BCUT2D eigenvalue weighted by molar-refractivity contribution is 0.289. The van der Waals surface area contributed by atoms with E-state index in [0.717, 1.165) is 62.5 Å². The molecule has 0 atom stereocenters. The second-order valence-electron chi connectivity index (χ2n) is 11.0. The summed E-state index contributed by atoms with van der Waals surface area (Å²) in [6.45, 7) is 4.72. The van der Waals surface area contributed by atoms with Crippen LogP contribution in [0.1, 0.15) is 93.7 Å². The molecule has 0 amide bonds. The molecule has 0 heterocycles. The maximum Gasteiger partial charge on any atom is 0.166 e. The molecule has 1 aliphatic carbocycles. The van der Waals surface area contributed by atoms with Crippen molar-refractivity contribution < 1.29 is 17.9 Å². The lowest BCUT2D eigenvalue weighted by Gasteiger charge is -2.29. The smallest absolute Gasteiger partial charge is 0.166 e. The van der Waals surface area contributed by atoms with Crippen molar-refractivity contribution in [3.63, 3.8) is 0 Å². The van der Waals surface area contributed by atoms with Crippen LogP contribution in [0.25, 0.3) is 11.1 Å². The van der Waals surface area contributed by atoms with Crippen LogP contribution in [0.4, 0.5) is 13.2 Å². The highest BCUT2D eigenvalue weighted by Gasteiger charge is 2.26. The topological polar surface area (TPSA) is 9.23 Å². The second kappa shape index (κ2) is 13.9. The molecular formula is C34H41F3O. The summed E-state index contributed by atoms with van der Waals surface area (Å²) in [6.07, 6.45) is 11.2. The number of halogens is 3. The van der Waals surface area contributed by atoms with E-state index in [1.165, 1.54) is 19.3 Å². The lowest BCUT2D eigenvalue weighted by Crippen LogP contribution is -2.15. The molecule has 4 rings (SSSR count). The van der Waals surface area contributed by atoms with E-state index in [1.54, 1.807) is 24.3 Å². The molecule has 4 heteroatoms. The van der Waals surface area contributed by atoms with Gasteiger partial charge in [0, 0.05) is 5.56 Å². The Balaban J connectivity index is 1.25. The summed E-state index contributed by atoms with van der Waals surface area (Å²) in [4.78, 5) is 0. The van der Waals surface area contributed by atoms with E-state index >= 15 is 4.39 Å². The fourth-order valence-corrected chi connectivity index (χ4v) is 5.67. The minimum atomic E-state index is -0.751. The zero-order valence-corrected chi connectivity index (χ0v) is 22.9. The number of ether oxygens (including phenoxy) is 1. The van der Waals surface area contributed by atoms with Crippen molar-refractivity contribution >= 4 is 0 Å². The van der Waals surface area contributed by atoms with Gasteiger partial charge in [0.05, 0.1) is 6.61 Å². The molecule has 1 saturated carbocycles. The van der Waals surface area contributed by atoms with Crippen molar-refractivity contribution in [3.8, 4) is 16.9 Å². The molecule has 1 nitrogen and oxygen atoms in total. The first-order valence-electron chi connectivity index (χ1n) is 14.4. The van der Waals surface area contributed by atoms with Gasteiger partial charge in [-0.2, -0.15) is 0 Å². The fourth-order valence-electron chi connectivity index (χ4n) is 5.67. The molecule has 0 aliphatic heterocycles. The molecular weight excluding hydrogens is 481 g/mol. The highest BCUT2D eigenvalue weighted by molar-refractivity contribution is 5.65. The largest absolute Gasteiger partial charge is 0.491 e. The minimum Gasteiger partial charge on any atom is -0.491 e. The predicted octanol–water partition coefficient (Wildman–Crippen LogP) is 10.3. The maximum absolute atomic E-state index is 15.1. The van der Waals surface area contributed by atoms with Crippen LogP contribution in [0.5, 0.6) is 5.75 Å². The van der Waals surface area contributed by atoms with E-state index in [1.807, 2.05) is 37.3 Å². The molecule has 0 N–H and O–H groups in total. The summed E-state index contributed by atoms with van der Waals surface area (Å²) in [5.41, 5.74) is 3.58. The maximum atomic E-state index is 15.1. The molecule has 3 aromatic rings. The molecule has 204 valence electrons. The highest BCUT2D eigenvalue weighted by Crippen LogP contribution is 2.40. The summed E-state index contributed by atoms with van der Waals surface area (Å²) in [5, 5.41) is 0. The minimum absolute atomic E-state index is 0.0451. The quantitative estimate of drug-likeness (QED) is 0.215. The van der Waals surface area contributed by atoms with Crippen LogP contribution >= 0.6 is 0 Å². The van der Waals surface area contributed by atoms with Crippen LogP contribution in [0.3, 0.4) is 0 Å². The Morgan fingerprint density at radius 1 is 0.789 bits per heavy atom. The monoisotopic (exact) mass is 522 g/mol. The van der Waals surface area contributed by atoms with E-state index in [9.17, 15) is 8.78 Å². The first-order chi connectivity index (χ1) is 18.5. The normalized spacial score (nSPS) is 17.5. The van der Waals surface area contributed by atoms with E-state index in [0.29, 0.717) is 35.0 Å². The van der Waals surface area contributed by atoms with Crippen LogP contribution in [-0.4, -0.2) is 6.61 Å². The van der Waals surface area contributed by atoms with Crippen LogP contribution in [0.15, 0.2) is 54.6 Å². The molecule has 0 spiro atoms. The molecule has 0 radical (unpaired) electrons. The summed E-state index contributed by atoms with van der Waals surface area (Å²) < 4.78 is 50.2. The molecule has 1 fully saturated rings. The van der Waals surface area contributed by atoms with Gasteiger partial charge in [-0.3, -0.25) is 0 Å². The average Bonchev–Trinajstić information content (AvgIpc) is 2.93. The van der Waals surface area contributed by atoms with Crippen molar-refractivity contribution in [1.29, 1.82) is 0 Å². The molecule has 0 bridgehead atoms. The summed E-state index contributed by atoms with van der Waals surface area (Å²) in [5.74, 6) is -0.833. The number of rotatable bonds is 12. The van der Waals surface area contributed by atoms with E-state index < -0.39 is 11.6 Å². The van der Waals surface area contributed by atoms with Gasteiger partial charge in [-0.1, -0.05) is 80.6 Å². The predicted molar refractivity (Wildman–Crippen MR) is 150 cm³/mol. The molecule has 0 saturated heterocycles. The Hall–Kier alpha value is -2.75. The van der Waals surface area contributed by atoms with E-state index in [-0.39, 0.29) is 11.7 Å². The van der Waals surface area contributed by atoms with Crippen molar-refractivity contribution in [2.45, 2.75) is 90.4 Å². The van der Waals surface area contributed by atoms with Gasteiger partial charge in [-0.25, -0.2) is 13.2 Å². The zero-order valence-electron chi connectivity index (χ0n) is 22.9. The Kier molecular flexibility index (Phi) is 10.3. The van der Waals surface area contributed by atoms with Crippen molar-refractivity contribution in [2.75, 3.05) is 6.61 Å². The van der Waals surface area contributed by atoms with Crippen LogP contribution in [-0.2, 0) is 6.42 Å². The van der Waals surface area contributed by atoms with Gasteiger partial charge in [0.2, 0.25) is 0 Å². The molecule has 38 heavy (non-hydrogen) atoms. The Labute approximate surface area is 226 Å². The molecule has 3 aromatic carbocycles. The van der Waals surface area contributed by atoms with Crippen LogP contribution in [0.2, 0.25) is 0 Å². The third kappa shape index (κ3) is 7.42. The number of unbranched alkanes of at least 4 members (excludes halogenated alkanes) is 4. The van der Waals surface area contributed by atoms with Gasteiger partial charge in [-0.15, -0.1) is 0 Å². The molecule has 0 unspecified atom stereocenters. The third-order valence-corrected chi connectivity index (χ3v) is 8.10. The van der Waals surface area contributed by atoms with Gasteiger partial charge >= 0.3 is 0 Å². The molecule has 1 aliphatic rings. The summed E-state index contributed by atoms with van der Waals surface area (Å²) >= 11 is 0. The first kappa shape index (κ1) is 28.3. The fraction of sp³-hybridized carbons (Fsp3) is 0.471. The number of benzene rings is 3. The van der Waals surface area contributed by atoms with Crippen LogP contribution < -0.4 is 4.74 Å². The Morgan fingerprint density at radius 3 is 2.24 bits per heavy atom. The summed E-state index contributed by atoms with van der Waals surface area (Å²) in [6, 6.07) is 16.3. The lowest BCUT2D eigenvalue weighted by atomic mass is 9.76. The van der Waals surface area contributed by atoms with Gasteiger partial charge in [0.1, 0.15) is 0 Å². The summed E-state index contributed by atoms with van der Waals surface area (Å²) in [7, 11) is 0. The van der Waals surface area contributed by atoms with Crippen LogP contribution in [0, 0.1) is 30.3 Å². The number of hydrogen-bond acceptors (Lipinski definition) is 1. The van der Waals surface area contributed by atoms with Gasteiger partial charge in [0.15, 0.2) is 23.2 Å². The van der Waals surface area contributed by atoms with Gasteiger partial charge < -0.3 is 4.74 Å². The standard InChI is InChI=1S/C34H41F3O/c1-3-4-5-6-7-22-38-32-21-14-26(23-31(32)35)11-10-25-12-17-28(18-13-25)30-20-19-29(33(36)34(30)37)27-15-8-24(2)9-16-27/h8-9,14-16,19-21,23,25,28H,3-7,10-13,17-18,22H2,1-2H3. The van der Waals surface area contributed by atoms with Crippen molar-refractivity contribution in [1.82, 2.24) is 0 Å². The zero-order chi connectivity index (χ0) is 26.9. The van der Waals surface area contributed by atoms with Crippen molar-refractivity contribution in [3.05, 3.63) is 88.7 Å². The van der Waals surface area contributed by atoms with Gasteiger partial charge in [-0.05, 0) is 92.5 Å². The SMILES string of the molecule is CCCCCCCOc1ccc(CCC2CCC(c3ccc(-c4ccc(C)cc4)c(F)c3F)CC2)cc1F. The van der Waals surface area contributed by atoms with E-state index in [2.05, 4.69) is 6.92 Å². The Morgan fingerprint density at radius 2 is 1.53 bits per heavy atom. The number of aryl methyl sites for hydroxylation is 2. The first-order valence-corrected chi connectivity index (χ1v) is 14.4. The van der Waals surface area contributed by atoms with Crippen molar-refractivity contribution in [2.24, 2.45) is 5.92 Å². The highest BCUT2D eigenvalue weighted by atomic mass is 19.2. The Bertz CT molecular complexity index is 1160. The third-order valence-electron chi connectivity index (χ3n) is 8.10.